The number of ether oxygens (including phenoxy) is 1. The van der Waals surface area contributed by atoms with E-state index >= 15 is 0 Å². The molecule has 0 aromatic heterocycles. The normalized spacial score (nSPS) is 37.7. The number of carbonyl (C=O) groups excluding carboxylic acids is 1. The average molecular weight is 184 g/mol. The minimum absolute atomic E-state index is 0.207. The highest BCUT2D eigenvalue weighted by atomic mass is 16.5. The first kappa shape index (κ1) is 8.81. The molecule has 1 saturated heterocycles. The van der Waals surface area contributed by atoms with Crippen LogP contribution in [0.15, 0.2) is 0 Å². The van der Waals surface area contributed by atoms with Gasteiger partial charge in [-0.1, -0.05) is 0 Å². The average Bonchev–Trinajstić information content (AvgIpc) is 2.67. The summed E-state index contributed by atoms with van der Waals surface area (Å²) in [5.41, 5.74) is 5.94. The summed E-state index contributed by atoms with van der Waals surface area (Å²) in [6.45, 7) is 1.63. The number of hydrogen-bond donors (Lipinski definition) is 1. The van der Waals surface area contributed by atoms with Crippen molar-refractivity contribution in [1.82, 2.24) is 4.90 Å². The van der Waals surface area contributed by atoms with E-state index in [0.29, 0.717) is 17.9 Å². The molecule has 1 aliphatic carbocycles. The number of amides is 1. The molecule has 3 unspecified atom stereocenters. The van der Waals surface area contributed by atoms with E-state index in [4.69, 9.17) is 5.73 Å². The fraction of sp³-hybridized carbons (Fsp3) is 0.889. The molecule has 1 aliphatic heterocycles. The fourth-order valence-electron chi connectivity index (χ4n) is 2.59. The predicted octanol–water partition coefficient (Wildman–Crippen LogP) is 0.422. The Morgan fingerprint density at radius 3 is 2.85 bits per heavy atom. The fourth-order valence-corrected chi connectivity index (χ4v) is 2.59. The Hall–Kier alpha value is -0.770. The summed E-state index contributed by atoms with van der Waals surface area (Å²) in [4.78, 5) is 13.0. The smallest absolute Gasteiger partial charge is 0.409 e. The molecule has 1 saturated carbocycles. The monoisotopic (exact) mass is 184 g/mol. The lowest BCUT2D eigenvalue weighted by Gasteiger charge is -2.16. The van der Waals surface area contributed by atoms with Crippen molar-refractivity contribution in [2.24, 2.45) is 17.6 Å². The zero-order valence-electron chi connectivity index (χ0n) is 7.90. The van der Waals surface area contributed by atoms with Gasteiger partial charge in [0.15, 0.2) is 0 Å². The van der Waals surface area contributed by atoms with Crippen LogP contribution in [0.2, 0.25) is 0 Å². The van der Waals surface area contributed by atoms with Crippen LogP contribution in [-0.2, 0) is 4.74 Å². The SMILES string of the molecule is COC(=O)N1CC2CCC(N)C2C1. The van der Waals surface area contributed by atoms with Crippen LogP contribution in [0, 0.1) is 11.8 Å². The van der Waals surface area contributed by atoms with Gasteiger partial charge in [-0.3, -0.25) is 0 Å². The van der Waals surface area contributed by atoms with Crippen LogP contribution >= 0.6 is 0 Å². The highest BCUT2D eigenvalue weighted by Gasteiger charge is 2.42. The Morgan fingerprint density at radius 1 is 1.46 bits per heavy atom. The van der Waals surface area contributed by atoms with E-state index in [9.17, 15) is 4.79 Å². The summed E-state index contributed by atoms with van der Waals surface area (Å²) in [6, 6.07) is 0.291. The van der Waals surface area contributed by atoms with Crippen LogP contribution in [0.4, 0.5) is 4.79 Å². The highest BCUT2D eigenvalue weighted by Crippen LogP contribution is 2.37. The number of fused-ring (bicyclic) bond motifs is 1. The van der Waals surface area contributed by atoms with Crippen molar-refractivity contribution >= 4 is 6.09 Å². The van der Waals surface area contributed by atoms with Crippen LogP contribution in [0.3, 0.4) is 0 Å². The molecule has 2 fully saturated rings. The third-order valence-corrected chi connectivity index (χ3v) is 3.35. The molecule has 1 amide bonds. The van der Waals surface area contributed by atoms with Gasteiger partial charge in [-0.25, -0.2) is 4.79 Å². The molecule has 0 aromatic rings. The largest absolute Gasteiger partial charge is 0.453 e. The third kappa shape index (κ3) is 1.39. The lowest BCUT2D eigenvalue weighted by molar-refractivity contribution is 0.129. The molecule has 4 nitrogen and oxygen atoms in total. The molecule has 13 heavy (non-hydrogen) atoms. The van der Waals surface area contributed by atoms with Crippen molar-refractivity contribution in [2.75, 3.05) is 20.2 Å². The molecule has 0 bridgehead atoms. The van der Waals surface area contributed by atoms with Gasteiger partial charge in [-0.05, 0) is 24.7 Å². The first-order valence-electron chi connectivity index (χ1n) is 4.81. The number of likely N-dealkylation sites (tertiary alicyclic amines) is 1. The summed E-state index contributed by atoms with van der Waals surface area (Å²) in [5.74, 6) is 1.13. The van der Waals surface area contributed by atoms with Crippen molar-refractivity contribution < 1.29 is 9.53 Å². The topological polar surface area (TPSA) is 55.6 Å². The first-order chi connectivity index (χ1) is 6.22. The summed E-state index contributed by atoms with van der Waals surface area (Å²) >= 11 is 0. The maximum Gasteiger partial charge on any atom is 0.409 e. The zero-order chi connectivity index (χ0) is 9.42. The van der Waals surface area contributed by atoms with Crippen molar-refractivity contribution in [1.29, 1.82) is 0 Å². The lowest BCUT2D eigenvalue weighted by atomic mass is 9.98. The van der Waals surface area contributed by atoms with E-state index in [1.54, 1.807) is 4.90 Å². The van der Waals surface area contributed by atoms with Gasteiger partial charge in [-0.2, -0.15) is 0 Å². The molecule has 0 radical (unpaired) electrons. The molecule has 3 atom stereocenters. The maximum atomic E-state index is 11.2. The second kappa shape index (κ2) is 3.18. The highest BCUT2D eigenvalue weighted by molar-refractivity contribution is 5.67. The van der Waals surface area contributed by atoms with Gasteiger partial charge in [0, 0.05) is 19.1 Å². The van der Waals surface area contributed by atoms with Gasteiger partial charge in [-0.15, -0.1) is 0 Å². The predicted molar refractivity (Wildman–Crippen MR) is 48.2 cm³/mol. The molecule has 4 heteroatoms. The minimum Gasteiger partial charge on any atom is -0.453 e. The van der Waals surface area contributed by atoms with Gasteiger partial charge < -0.3 is 15.4 Å². The number of nitrogens with zero attached hydrogens (tertiary/aromatic N) is 1. The van der Waals surface area contributed by atoms with Crippen LogP contribution in [-0.4, -0.2) is 37.2 Å². The quantitative estimate of drug-likeness (QED) is 0.593. The van der Waals surface area contributed by atoms with E-state index in [1.807, 2.05) is 0 Å². The van der Waals surface area contributed by atoms with E-state index in [2.05, 4.69) is 4.74 Å². The van der Waals surface area contributed by atoms with E-state index < -0.39 is 0 Å². The molecule has 0 spiro atoms. The lowest BCUT2D eigenvalue weighted by Crippen LogP contribution is -2.33. The first-order valence-corrected chi connectivity index (χ1v) is 4.81. The Kier molecular flexibility index (Phi) is 2.15. The third-order valence-electron chi connectivity index (χ3n) is 3.35. The van der Waals surface area contributed by atoms with Crippen molar-refractivity contribution in [3.05, 3.63) is 0 Å². The Balaban J connectivity index is 1.98. The van der Waals surface area contributed by atoms with Crippen LogP contribution < -0.4 is 5.73 Å². The molecular weight excluding hydrogens is 168 g/mol. The standard InChI is InChI=1S/C9H16N2O2/c1-13-9(12)11-4-6-2-3-8(10)7(6)5-11/h6-8H,2-5,10H2,1H3. The van der Waals surface area contributed by atoms with E-state index in [0.717, 1.165) is 19.5 Å². The molecule has 2 aliphatic rings. The molecule has 0 aromatic carbocycles. The van der Waals surface area contributed by atoms with Gasteiger partial charge in [0.2, 0.25) is 0 Å². The van der Waals surface area contributed by atoms with Gasteiger partial charge in [0.25, 0.3) is 0 Å². The summed E-state index contributed by atoms with van der Waals surface area (Å²) in [7, 11) is 1.43. The molecule has 1 heterocycles. The molecular formula is C9H16N2O2. The molecule has 2 N–H and O–H groups in total. The van der Waals surface area contributed by atoms with Crippen LogP contribution in [0.5, 0.6) is 0 Å². The number of hydrogen-bond acceptors (Lipinski definition) is 3. The zero-order valence-corrected chi connectivity index (χ0v) is 7.90. The van der Waals surface area contributed by atoms with Crippen LogP contribution in [0.1, 0.15) is 12.8 Å². The number of methoxy groups -OCH3 is 1. The number of rotatable bonds is 0. The summed E-state index contributed by atoms with van der Waals surface area (Å²) in [5, 5.41) is 0. The van der Waals surface area contributed by atoms with Crippen molar-refractivity contribution in [3.63, 3.8) is 0 Å². The maximum absolute atomic E-state index is 11.2. The number of carbonyl (C=O) groups is 1. The van der Waals surface area contributed by atoms with Gasteiger partial charge in [0.05, 0.1) is 7.11 Å². The second-order valence-electron chi connectivity index (χ2n) is 4.04. The Morgan fingerprint density at radius 2 is 2.23 bits per heavy atom. The second-order valence-corrected chi connectivity index (χ2v) is 4.04. The van der Waals surface area contributed by atoms with Crippen LogP contribution in [0.25, 0.3) is 0 Å². The van der Waals surface area contributed by atoms with E-state index in [1.165, 1.54) is 13.5 Å². The minimum atomic E-state index is -0.207. The van der Waals surface area contributed by atoms with Gasteiger partial charge >= 0.3 is 6.09 Å². The van der Waals surface area contributed by atoms with Crippen molar-refractivity contribution in [3.8, 4) is 0 Å². The summed E-state index contributed by atoms with van der Waals surface area (Å²) in [6.07, 6.45) is 2.07. The van der Waals surface area contributed by atoms with Gasteiger partial charge in [0.1, 0.15) is 0 Å². The number of nitrogens with two attached hydrogens (primary N) is 1. The van der Waals surface area contributed by atoms with E-state index in [-0.39, 0.29) is 6.09 Å². The Bertz CT molecular complexity index is 220. The molecule has 74 valence electrons. The van der Waals surface area contributed by atoms with Crippen molar-refractivity contribution in [2.45, 2.75) is 18.9 Å². The summed E-state index contributed by atoms with van der Waals surface area (Å²) < 4.78 is 4.68. The Labute approximate surface area is 78.0 Å². The molecule has 2 rings (SSSR count).